The lowest BCUT2D eigenvalue weighted by Gasteiger charge is -2.13. The van der Waals surface area contributed by atoms with Gasteiger partial charge in [-0.15, -0.1) is 0 Å². The number of benzene rings is 2. The van der Waals surface area contributed by atoms with Crippen molar-refractivity contribution >= 4 is 17.6 Å². The number of carboxylic acid groups (broad SMARTS) is 1. The number of rotatable bonds is 5. The number of carbonyl (C=O) groups is 2. The van der Waals surface area contributed by atoms with Crippen molar-refractivity contribution < 1.29 is 19.4 Å². The zero-order valence-electron chi connectivity index (χ0n) is 14.3. The van der Waals surface area contributed by atoms with Crippen LogP contribution in [0.25, 0.3) is 0 Å². The van der Waals surface area contributed by atoms with Gasteiger partial charge in [-0.05, 0) is 56.5 Å². The molecule has 1 amide bonds. The summed E-state index contributed by atoms with van der Waals surface area (Å²) in [5, 5.41) is 11.9. The van der Waals surface area contributed by atoms with Gasteiger partial charge in [0.2, 0.25) is 0 Å². The molecule has 0 saturated carbocycles. The first-order chi connectivity index (χ1) is 11.3. The molecule has 0 aliphatic heterocycles. The van der Waals surface area contributed by atoms with Gasteiger partial charge in [0.25, 0.3) is 5.91 Å². The fourth-order valence-corrected chi connectivity index (χ4v) is 2.51. The number of hydrogen-bond acceptors (Lipinski definition) is 3. The van der Waals surface area contributed by atoms with Crippen LogP contribution in [-0.2, 0) is 4.79 Å². The van der Waals surface area contributed by atoms with Crippen molar-refractivity contribution in [2.24, 2.45) is 0 Å². The van der Waals surface area contributed by atoms with Crippen LogP contribution in [0.4, 0.5) is 5.69 Å². The summed E-state index contributed by atoms with van der Waals surface area (Å²) in [5.41, 5.74) is 4.20. The first-order valence-corrected chi connectivity index (χ1v) is 7.62. The maximum atomic E-state index is 12.1. The van der Waals surface area contributed by atoms with Crippen LogP contribution in [0.15, 0.2) is 30.3 Å². The number of aromatic carboxylic acids is 1. The second-order valence-corrected chi connectivity index (χ2v) is 5.89. The largest absolute Gasteiger partial charge is 0.483 e. The summed E-state index contributed by atoms with van der Waals surface area (Å²) in [5.74, 6) is -0.699. The molecule has 126 valence electrons. The molecule has 0 bridgehead atoms. The van der Waals surface area contributed by atoms with Gasteiger partial charge in [0, 0.05) is 5.69 Å². The average Bonchev–Trinajstić information content (AvgIpc) is 2.48. The summed E-state index contributed by atoms with van der Waals surface area (Å²) in [4.78, 5) is 23.3. The van der Waals surface area contributed by atoms with E-state index < -0.39 is 5.97 Å². The van der Waals surface area contributed by atoms with E-state index in [1.54, 1.807) is 13.0 Å². The van der Waals surface area contributed by atoms with Crippen molar-refractivity contribution in [1.82, 2.24) is 0 Å². The highest BCUT2D eigenvalue weighted by Gasteiger charge is 2.13. The van der Waals surface area contributed by atoms with Crippen LogP contribution in [-0.4, -0.2) is 23.6 Å². The Bertz CT molecular complexity index is 796. The summed E-state index contributed by atoms with van der Waals surface area (Å²) in [7, 11) is 0. The smallest absolute Gasteiger partial charge is 0.336 e. The molecule has 0 heterocycles. The minimum Gasteiger partial charge on any atom is -0.483 e. The van der Waals surface area contributed by atoms with E-state index in [0.717, 1.165) is 16.7 Å². The van der Waals surface area contributed by atoms with Crippen LogP contribution in [0, 0.1) is 27.7 Å². The molecule has 0 radical (unpaired) electrons. The minimum atomic E-state index is -1.02. The van der Waals surface area contributed by atoms with E-state index in [9.17, 15) is 14.7 Å². The molecule has 0 fully saturated rings. The third kappa shape index (κ3) is 4.13. The third-order valence-electron chi connectivity index (χ3n) is 3.77. The van der Waals surface area contributed by atoms with Crippen LogP contribution < -0.4 is 10.1 Å². The number of anilines is 1. The Morgan fingerprint density at radius 3 is 2.33 bits per heavy atom. The van der Waals surface area contributed by atoms with Gasteiger partial charge in [0.05, 0.1) is 5.56 Å². The summed E-state index contributed by atoms with van der Waals surface area (Å²) in [6.45, 7) is 7.32. The molecule has 24 heavy (non-hydrogen) atoms. The molecule has 5 nitrogen and oxygen atoms in total. The van der Waals surface area contributed by atoms with Crippen LogP contribution in [0.1, 0.15) is 32.6 Å². The molecule has 0 saturated heterocycles. The predicted octanol–water partition coefficient (Wildman–Crippen LogP) is 3.64. The average molecular weight is 327 g/mol. The van der Waals surface area contributed by atoms with Crippen LogP contribution in [0.5, 0.6) is 5.75 Å². The topological polar surface area (TPSA) is 75.6 Å². The van der Waals surface area contributed by atoms with Crippen molar-refractivity contribution in [3.8, 4) is 5.75 Å². The van der Waals surface area contributed by atoms with Crippen molar-refractivity contribution in [1.29, 1.82) is 0 Å². The highest BCUT2D eigenvalue weighted by molar-refractivity contribution is 5.96. The normalized spacial score (nSPS) is 10.3. The predicted molar refractivity (Wildman–Crippen MR) is 92.9 cm³/mol. The molecule has 2 rings (SSSR count). The lowest BCUT2D eigenvalue weighted by molar-refractivity contribution is -0.118. The second kappa shape index (κ2) is 7.17. The lowest BCUT2D eigenvalue weighted by atomic mass is 10.0. The fourth-order valence-electron chi connectivity index (χ4n) is 2.51. The van der Waals surface area contributed by atoms with Gasteiger partial charge in [-0.25, -0.2) is 4.79 Å². The highest BCUT2D eigenvalue weighted by Crippen LogP contribution is 2.22. The Labute approximate surface area is 141 Å². The fraction of sp³-hybridized carbons (Fsp3) is 0.263. The highest BCUT2D eigenvalue weighted by atomic mass is 16.5. The Kier molecular flexibility index (Phi) is 5.24. The van der Waals surface area contributed by atoms with Gasteiger partial charge in [-0.2, -0.15) is 0 Å². The van der Waals surface area contributed by atoms with Gasteiger partial charge in [0.1, 0.15) is 5.75 Å². The Hall–Kier alpha value is -2.82. The number of carbonyl (C=O) groups excluding carboxylic acids is 1. The lowest BCUT2D eigenvalue weighted by Crippen LogP contribution is -2.21. The van der Waals surface area contributed by atoms with Crippen LogP contribution in [0.2, 0.25) is 0 Å². The number of nitrogens with one attached hydrogen (secondary N) is 1. The number of hydrogen-bond donors (Lipinski definition) is 2. The number of ether oxygens (including phenoxy) is 1. The van der Waals surface area contributed by atoms with Crippen molar-refractivity contribution in [3.05, 3.63) is 58.1 Å². The maximum absolute atomic E-state index is 12.1. The molecule has 0 aliphatic carbocycles. The zero-order valence-corrected chi connectivity index (χ0v) is 14.3. The Morgan fingerprint density at radius 1 is 1.00 bits per heavy atom. The van der Waals surface area contributed by atoms with Gasteiger partial charge in [-0.3, -0.25) is 4.79 Å². The third-order valence-corrected chi connectivity index (χ3v) is 3.77. The monoisotopic (exact) mass is 327 g/mol. The number of amides is 1. The van der Waals surface area contributed by atoms with E-state index in [-0.39, 0.29) is 18.1 Å². The van der Waals surface area contributed by atoms with Gasteiger partial charge < -0.3 is 15.2 Å². The van der Waals surface area contributed by atoms with E-state index in [1.807, 2.05) is 39.0 Å². The molecule has 0 aromatic heterocycles. The molecule has 5 heteroatoms. The maximum Gasteiger partial charge on any atom is 0.336 e. The van der Waals surface area contributed by atoms with E-state index in [1.165, 1.54) is 6.07 Å². The second-order valence-electron chi connectivity index (χ2n) is 5.89. The van der Waals surface area contributed by atoms with Crippen molar-refractivity contribution in [2.75, 3.05) is 11.9 Å². The molecule has 0 aliphatic rings. The first kappa shape index (κ1) is 17.5. The van der Waals surface area contributed by atoms with E-state index in [4.69, 9.17) is 4.74 Å². The van der Waals surface area contributed by atoms with E-state index >= 15 is 0 Å². The molecular weight excluding hydrogens is 306 g/mol. The molecule has 2 aromatic rings. The summed E-state index contributed by atoms with van der Waals surface area (Å²) in [6.07, 6.45) is 0. The van der Waals surface area contributed by atoms with Gasteiger partial charge >= 0.3 is 5.97 Å². The van der Waals surface area contributed by atoms with Gasteiger partial charge in [-0.1, -0.05) is 23.8 Å². The van der Waals surface area contributed by atoms with E-state index in [0.29, 0.717) is 17.0 Å². The zero-order chi connectivity index (χ0) is 17.9. The molecule has 0 atom stereocenters. The summed E-state index contributed by atoms with van der Waals surface area (Å²) >= 11 is 0. The van der Waals surface area contributed by atoms with Crippen LogP contribution >= 0.6 is 0 Å². The van der Waals surface area contributed by atoms with Crippen LogP contribution in [0.3, 0.4) is 0 Å². The minimum absolute atomic E-state index is 0.139. The standard InChI is InChI=1S/C19H21NO4/c1-11-5-6-17(14(4)7-11)24-10-18(21)20-16-9-15(19(22)23)12(2)8-13(16)3/h5-9H,10H2,1-4H3,(H,20,21)(H,22,23). The quantitative estimate of drug-likeness (QED) is 0.879. The Balaban J connectivity index is 2.07. The molecule has 0 unspecified atom stereocenters. The molecule has 0 spiro atoms. The van der Waals surface area contributed by atoms with Crippen molar-refractivity contribution in [3.63, 3.8) is 0 Å². The molecular formula is C19H21NO4. The molecule has 2 aromatic carbocycles. The summed E-state index contributed by atoms with van der Waals surface area (Å²) in [6, 6.07) is 8.95. The SMILES string of the molecule is Cc1ccc(OCC(=O)Nc2cc(C(=O)O)c(C)cc2C)c(C)c1. The number of aryl methyl sites for hydroxylation is 4. The van der Waals surface area contributed by atoms with Crippen molar-refractivity contribution in [2.45, 2.75) is 27.7 Å². The van der Waals surface area contributed by atoms with Gasteiger partial charge in [0.15, 0.2) is 6.61 Å². The van der Waals surface area contributed by atoms with E-state index in [2.05, 4.69) is 5.32 Å². The Morgan fingerprint density at radius 2 is 1.71 bits per heavy atom. The first-order valence-electron chi connectivity index (χ1n) is 7.62. The summed E-state index contributed by atoms with van der Waals surface area (Å²) < 4.78 is 5.54. The molecule has 2 N–H and O–H groups in total. The number of carboxylic acids is 1.